The van der Waals surface area contributed by atoms with Crippen LogP contribution in [0, 0.1) is 5.92 Å². The van der Waals surface area contributed by atoms with Crippen LogP contribution < -0.4 is 5.73 Å². The highest BCUT2D eigenvalue weighted by Gasteiger charge is 2.11. The summed E-state index contributed by atoms with van der Waals surface area (Å²) in [5.41, 5.74) is 9.44. The molecule has 0 radical (unpaired) electrons. The lowest BCUT2D eigenvalue weighted by Crippen LogP contribution is -2.04. The Morgan fingerprint density at radius 3 is 2.59 bits per heavy atom. The molecule has 1 aromatic heterocycles. The van der Waals surface area contributed by atoms with Gasteiger partial charge in [-0.3, -0.25) is 4.68 Å². The lowest BCUT2D eigenvalue weighted by Gasteiger charge is -2.06. The number of hydrogen-bond acceptors (Lipinski definition) is 2. The molecule has 0 fully saturated rings. The van der Waals surface area contributed by atoms with Crippen LogP contribution in [-0.4, -0.2) is 9.78 Å². The number of nitrogens with two attached hydrogens (primary N) is 1. The minimum Gasteiger partial charge on any atom is -0.324 e. The zero-order chi connectivity index (χ0) is 12.6. The highest BCUT2D eigenvalue weighted by molar-refractivity contribution is 5.82. The third-order valence-electron chi connectivity index (χ3n) is 3.08. The first-order valence-corrected chi connectivity index (χ1v) is 6.20. The first kappa shape index (κ1) is 12.1. The SMILES string of the molecule is CC(C)Cc1nn(C)c2cc(C(C)N)ccc12. The summed E-state index contributed by atoms with van der Waals surface area (Å²) in [4.78, 5) is 0. The van der Waals surface area contributed by atoms with E-state index in [1.54, 1.807) is 0 Å². The van der Waals surface area contributed by atoms with E-state index >= 15 is 0 Å². The van der Waals surface area contributed by atoms with Gasteiger partial charge in [0.25, 0.3) is 0 Å². The molecule has 0 bridgehead atoms. The van der Waals surface area contributed by atoms with Gasteiger partial charge in [-0.05, 0) is 30.9 Å². The van der Waals surface area contributed by atoms with Gasteiger partial charge in [0.2, 0.25) is 0 Å². The van der Waals surface area contributed by atoms with Gasteiger partial charge >= 0.3 is 0 Å². The lowest BCUT2D eigenvalue weighted by molar-refractivity contribution is 0.624. The predicted molar refractivity (Wildman–Crippen MR) is 71.9 cm³/mol. The van der Waals surface area contributed by atoms with Crippen molar-refractivity contribution in [1.82, 2.24) is 9.78 Å². The maximum atomic E-state index is 5.91. The standard InChI is InChI=1S/C14H21N3/c1-9(2)7-13-12-6-5-11(10(3)15)8-14(12)17(4)16-13/h5-6,8-10H,7,15H2,1-4H3. The normalized spacial score (nSPS) is 13.5. The second-order valence-electron chi connectivity index (χ2n) is 5.23. The molecular weight excluding hydrogens is 210 g/mol. The Bertz CT molecular complexity index is 523. The van der Waals surface area contributed by atoms with Crippen LogP contribution in [0.1, 0.15) is 38.1 Å². The first-order chi connectivity index (χ1) is 7.99. The molecule has 2 aromatic rings. The minimum atomic E-state index is 0.0721. The third-order valence-corrected chi connectivity index (χ3v) is 3.08. The van der Waals surface area contributed by atoms with Crippen LogP contribution in [0.15, 0.2) is 18.2 Å². The van der Waals surface area contributed by atoms with Gasteiger partial charge in [0.15, 0.2) is 0 Å². The quantitative estimate of drug-likeness (QED) is 0.882. The van der Waals surface area contributed by atoms with Crippen molar-refractivity contribution in [3.05, 3.63) is 29.5 Å². The fourth-order valence-corrected chi connectivity index (χ4v) is 2.17. The Morgan fingerprint density at radius 2 is 2.00 bits per heavy atom. The Hall–Kier alpha value is -1.35. The van der Waals surface area contributed by atoms with E-state index in [0.717, 1.165) is 12.0 Å². The molecule has 0 amide bonds. The molecule has 1 aromatic carbocycles. The largest absolute Gasteiger partial charge is 0.324 e. The molecule has 17 heavy (non-hydrogen) atoms. The first-order valence-electron chi connectivity index (χ1n) is 6.20. The Labute approximate surface area is 103 Å². The maximum absolute atomic E-state index is 5.91. The molecule has 0 spiro atoms. The predicted octanol–water partition coefficient (Wildman–Crippen LogP) is 2.79. The second-order valence-corrected chi connectivity index (χ2v) is 5.23. The van der Waals surface area contributed by atoms with Crippen LogP contribution in [0.5, 0.6) is 0 Å². The summed E-state index contributed by atoms with van der Waals surface area (Å²) in [5.74, 6) is 0.626. The molecule has 2 rings (SSSR count). The zero-order valence-corrected chi connectivity index (χ0v) is 11.1. The van der Waals surface area contributed by atoms with Crippen LogP contribution >= 0.6 is 0 Å². The van der Waals surface area contributed by atoms with E-state index < -0.39 is 0 Å². The summed E-state index contributed by atoms with van der Waals surface area (Å²) in [6.07, 6.45) is 1.02. The van der Waals surface area contributed by atoms with Crippen molar-refractivity contribution < 1.29 is 0 Å². The monoisotopic (exact) mass is 231 g/mol. The highest BCUT2D eigenvalue weighted by atomic mass is 15.3. The van der Waals surface area contributed by atoms with E-state index in [-0.39, 0.29) is 6.04 Å². The fourth-order valence-electron chi connectivity index (χ4n) is 2.17. The number of aromatic nitrogens is 2. The average Bonchev–Trinajstić information content (AvgIpc) is 2.54. The van der Waals surface area contributed by atoms with Gasteiger partial charge < -0.3 is 5.73 Å². The summed E-state index contributed by atoms with van der Waals surface area (Å²) < 4.78 is 1.96. The van der Waals surface area contributed by atoms with Crippen molar-refractivity contribution in [2.24, 2.45) is 18.7 Å². The average molecular weight is 231 g/mol. The Balaban J connectivity index is 2.53. The molecule has 0 aliphatic carbocycles. The van der Waals surface area contributed by atoms with E-state index in [0.29, 0.717) is 5.92 Å². The van der Waals surface area contributed by atoms with E-state index in [4.69, 9.17) is 5.73 Å². The van der Waals surface area contributed by atoms with Gasteiger partial charge in [0, 0.05) is 18.5 Å². The molecule has 1 unspecified atom stereocenters. The van der Waals surface area contributed by atoms with Gasteiger partial charge in [-0.25, -0.2) is 0 Å². The summed E-state index contributed by atoms with van der Waals surface area (Å²) >= 11 is 0. The number of rotatable bonds is 3. The number of hydrogen-bond donors (Lipinski definition) is 1. The lowest BCUT2D eigenvalue weighted by atomic mass is 10.0. The number of aryl methyl sites for hydroxylation is 1. The van der Waals surface area contributed by atoms with Crippen molar-refractivity contribution in [1.29, 1.82) is 0 Å². The van der Waals surface area contributed by atoms with E-state index in [9.17, 15) is 0 Å². The van der Waals surface area contributed by atoms with E-state index in [1.165, 1.54) is 16.6 Å². The smallest absolute Gasteiger partial charge is 0.0705 e. The molecule has 1 heterocycles. The van der Waals surface area contributed by atoms with Gasteiger partial charge in [-0.15, -0.1) is 0 Å². The molecule has 1 atom stereocenters. The van der Waals surface area contributed by atoms with Crippen LogP contribution in [0.2, 0.25) is 0 Å². The van der Waals surface area contributed by atoms with Crippen molar-refractivity contribution in [2.45, 2.75) is 33.2 Å². The van der Waals surface area contributed by atoms with Crippen molar-refractivity contribution >= 4 is 10.9 Å². The molecule has 92 valence electrons. The molecule has 0 aliphatic heterocycles. The van der Waals surface area contributed by atoms with Crippen LogP contribution in [0.4, 0.5) is 0 Å². The molecule has 2 N–H and O–H groups in total. The van der Waals surface area contributed by atoms with Crippen LogP contribution in [0.3, 0.4) is 0 Å². The summed E-state index contributed by atoms with van der Waals surface area (Å²) in [5, 5.41) is 5.86. The van der Waals surface area contributed by atoms with Gasteiger partial charge in [-0.2, -0.15) is 5.10 Å². The van der Waals surface area contributed by atoms with E-state index in [1.807, 2.05) is 18.7 Å². The fraction of sp³-hybridized carbons (Fsp3) is 0.500. The summed E-state index contributed by atoms with van der Waals surface area (Å²) in [6.45, 7) is 6.44. The molecule has 3 nitrogen and oxygen atoms in total. The number of benzene rings is 1. The van der Waals surface area contributed by atoms with Gasteiger partial charge in [0.1, 0.15) is 0 Å². The number of nitrogens with zero attached hydrogens (tertiary/aromatic N) is 2. The maximum Gasteiger partial charge on any atom is 0.0705 e. The summed E-state index contributed by atoms with van der Waals surface area (Å²) in [7, 11) is 2.00. The molecule has 0 aliphatic rings. The van der Waals surface area contributed by atoms with Crippen molar-refractivity contribution in [3.8, 4) is 0 Å². The van der Waals surface area contributed by atoms with Crippen LogP contribution in [0.25, 0.3) is 10.9 Å². The number of fused-ring (bicyclic) bond motifs is 1. The Morgan fingerprint density at radius 1 is 1.29 bits per heavy atom. The summed E-state index contributed by atoms with van der Waals surface area (Å²) in [6, 6.07) is 6.48. The van der Waals surface area contributed by atoms with Crippen molar-refractivity contribution in [2.75, 3.05) is 0 Å². The molecule has 0 saturated carbocycles. The molecule has 0 saturated heterocycles. The van der Waals surface area contributed by atoms with Gasteiger partial charge in [0.05, 0.1) is 11.2 Å². The van der Waals surface area contributed by atoms with Crippen molar-refractivity contribution in [3.63, 3.8) is 0 Å². The zero-order valence-electron chi connectivity index (χ0n) is 11.1. The highest BCUT2D eigenvalue weighted by Crippen LogP contribution is 2.23. The van der Waals surface area contributed by atoms with E-state index in [2.05, 4.69) is 37.1 Å². The molecule has 3 heteroatoms. The van der Waals surface area contributed by atoms with Gasteiger partial charge in [-0.1, -0.05) is 26.0 Å². The molecular formula is C14H21N3. The topological polar surface area (TPSA) is 43.8 Å². The second kappa shape index (κ2) is 4.49. The third kappa shape index (κ3) is 2.34. The Kier molecular flexibility index (Phi) is 3.20. The van der Waals surface area contributed by atoms with Crippen LogP contribution in [-0.2, 0) is 13.5 Å². The minimum absolute atomic E-state index is 0.0721.